The second-order valence-electron chi connectivity index (χ2n) is 5.12. The van der Waals surface area contributed by atoms with Gasteiger partial charge in [0.2, 0.25) is 0 Å². The Hall–Kier alpha value is -1.89. The number of rotatable bonds is 5. The van der Waals surface area contributed by atoms with E-state index in [1.807, 2.05) is 0 Å². The predicted octanol–water partition coefficient (Wildman–Crippen LogP) is 4.99. The molecule has 0 saturated carbocycles. The molecule has 0 atom stereocenters. The molecule has 1 aromatic heterocycles. The summed E-state index contributed by atoms with van der Waals surface area (Å²) < 4.78 is 5.03. The van der Waals surface area contributed by atoms with Crippen LogP contribution in [0.3, 0.4) is 0 Å². The molecule has 2 aromatic rings. The van der Waals surface area contributed by atoms with Crippen LogP contribution in [0.1, 0.15) is 49.8 Å². The number of ether oxygens (including phenoxy) is 1. The highest BCUT2D eigenvalue weighted by Gasteiger charge is 2.26. The fourth-order valence-electron chi connectivity index (χ4n) is 2.23. The first-order valence-electron chi connectivity index (χ1n) is 7.34. The van der Waals surface area contributed by atoms with Crippen LogP contribution in [0.15, 0.2) is 18.2 Å². The van der Waals surface area contributed by atoms with Crippen LogP contribution in [0.4, 0.5) is 5.00 Å². The molecular formula is C17H15Cl2NO4S. The van der Waals surface area contributed by atoms with Gasteiger partial charge in [0.1, 0.15) is 5.00 Å². The zero-order valence-corrected chi connectivity index (χ0v) is 16.1. The van der Waals surface area contributed by atoms with Gasteiger partial charge in [-0.25, -0.2) is 4.79 Å². The van der Waals surface area contributed by atoms with Gasteiger partial charge in [0.05, 0.1) is 27.6 Å². The Morgan fingerprint density at radius 2 is 1.92 bits per heavy atom. The van der Waals surface area contributed by atoms with Gasteiger partial charge in [-0.15, -0.1) is 11.3 Å². The van der Waals surface area contributed by atoms with Crippen LogP contribution in [0.25, 0.3) is 0 Å². The zero-order valence-electron chi connectivity index (χ0n) is 13.7. The van der Waals surface area contributed by atoms with Crippen molar-refractivity contribution in [1.82, 2.24) is 0 Å². The average Bonchev–Trinajstić information content (AvgIpc) is 2.86. The Morgan fingerprint density at radius 1 is 1.24 bits per heavy atom. The van der Waals surface area contributed by atoms with Crippen LogP contribution in [0, 0.1) is 6.92 Å². The van der Waals surface area contributed by atoms with Crippen molar-refractivity contribution < 1.29 is 19.1 Å². The SMILES string of the molecule is CCOC(=O)c1c(NC(=O)c2cc(Cl)ccc2Cl)sc(C(C)=O)c1C. The Balaban J connectivity index is 2.46. The van der Waals surface area contributed by atoms with Crippen molar-refractivity contribution in [2.75, 3.05) is 11.9 Å². The Morgan fingerprint density at radius 3 is 2.52 bits per heavy atom. The summed E-state index contributed by atoms with van der Waals surface area (Å²) in [5.41, 5.74) is 0.811. The lowest BCUT2D eigenvalue weighted by Gasteiger charge is -2.08. The number of amides is 1. The van der Waals surface area contributed by atoms with Gasteiger partial charge in [-0.05, 0) is 44.5 Å². The molecule has 1 heterocycles. The Labute approximate surface area is 158 Å². The van der Waals surface area contributed by atoms with Crippen LogP contribution < -0.4 is 5.32 Å². The van der Waals surface area contributed by atoms with Crippen LogP contribution in [0.5, 0.6) is 0 Å². The van der Waals surface area contributed by atoms with Crippen molar-refractivity contribution >= 4 is 57.2 Å². The molecule has 0 bridgehead atoms. The molecule has 0 aliphatic carbocycles. The van der Waals surface area contributed by atoms with E-state index >= 15 is 0 Å². The van der Waals surface area contributed by atoms with Gasteiger partial charge < -0.3 is 10.1 Å². The molecule has 0 radical (unpaired) electrons. The van der Waals surface area contributed by atoms with Crippen LogP contribution >= 0.6 is 34.5 Å². The molecular weight excluding hydrogens is 385 g/mol. The summed E-state index contributed by atoms with van der Waals surface area (Å²) in [5.74, 6) is -1.33. The standard InChI is InChI=1S/C17H15Cl2NO4S/c1-4-24-17(23)13-8(2)14(9(3)21)25-16(13)20-15(22)11-7-10(18)5-6-12(11)19/h5-7H,4H2,1-3H3,(H,20,22). The van der Waals surface area contributed by atoms with Gasteiger partial charge in [0.15, 0.2) is 5.78 Å². The lowest BCUT2D eigenvalue weighted by atomic mass is 10.1. The minimum Gasteiger partial charge on any atom is -0.462 e. The fourth-order valence-corrected chi connectivity index (χ4v) is 3.69. The number of benzene rings is 1. The Bertz CT molecular complexity index is 861. The van der Waals surface area contributed by atoms with E-state index in [1.165, 1.54) is 19.1 Å². The van der Waals surface area contributed by atoms with Gasteiger partial charge in [0, 0.05) is 5.02 Å². The third-order valence-corrected chi connectivity index (χ3v) is 5.22. The van der Waals surface area contributed by atoms with Gasteiger partial charge in [0.25, 0.3) is 5.91 Å². The molecule has 0 spiro atoms. The molecule has 0 aliphatic heterocycles. The first-order chi connectivity index (χ1) is 11.8. The first kappa shape index (κ1) is 19.4. The molecule has 0 saturated heterocycles. The molecule has 2 rings (SSSR count). The second kappa shape index (κ2) is 7.99. The van der Waals surface area contributed by atoms with Crippen LogP contribution in [0.2, 0.25) is 10.0 Å². The maximum Gasteiger partial charge on any atom is 0.341 e. The molecule has 1 amide bonds. The third-order valence-electron chi connectivity index (χ3n) is 3.35. The minimum absolute atomic E-state index is 0.166. The van der Waals surface area contributed by atoms with Crippen LogP contribution in [-0.4, -0.2) is 24.3 Å². The highest BCUT2D eigenvalue weighted by Crippen LogP contribution is 2.35. The number of hydrogen-bond acceptors (Lipinski definition) is 5. The number of ketones is 1. The number of halogens is 2. The second-order valence-corrected chi connectivity index (χ2v) is 6.98. The number of hydrogen-bond donors (Lipinski definition) is 1. The maximum absolute atomic E-state index is 12.5. The number of esters is 1. The Kier molecular flexibility index (Phi) is 6.21. The quantitative estimate of drug-likeness (QED) is 0.567. The molecule has 8 heteroatoms. The van der Waals surface area contributed by atoms with Gasteiger partial charge >= 0.3 is 5.97 Å². The van der Waals surface area contributed by atoms with Crippen molar-refractivity contribution in [1.29, 1.82) is 0 Å². The maximum atomic E-state index is 12.5. The number of carbonyl (C=O) groups is 3. The number of thiophene rings is 1. The summed E-state index contributed by atoms with van der Waals surface area (Å²) in [4.78, 5) is 36.9. The molecule has 1 aromatic carbocycles. The fraction of sp³-hybridized carbons (Fsp3) is 0.235. The number of Topliss-reactive ketones (excluding diaryl/α,β-unsaturated/α-hetero) is 1. The summed E-state index contributed by atoms with van der Waals surface area (Å²) in [7, 11) is 0. The summed E-state index contributed by atoms with van der Waals surface area (Å²) in [6.45, 7) is 4.89. The average molecular weight is 400 g/mol. The first-order valence-corrected chi connectivity index (χ1v) is 8.91. The van der Waals surface area contributed by atoms with Crippen molar-refractivity contribution in [2.45, 2.75) is 20.8 Å². The lowest BCUT2D eigenvalue weighted by molar-refractivity contribution is 0.0527. The molecule has 0 unspecified atom stereocenters. The smallest absolute Gasteiger partial charge is 0.341 e. The van der Waals surface area contributed by atoms with E-state index in [0.717, 1.165) is 11.3 Å². The number of carbonyl (C=O) groups excluding carboxylic acids is 3. The lowest BCUT2D eigenvalue weighted by Crippen LogP contribution is -2.15. The topological polar surface area (TPSA) is 72.5 Å². The van der Waals surface area contributed by atoms with Gasteiger partial charge in [-0.3, -0.25) is 9.59 Å². The summed E-state index contributed by atoms with van der Waals surface area (Å²) in [6.07, 6.45) is 0. The van der Waals surface area contributed by atoms with Gasteiger partial charge in [-0.1, -0.05) is 23.2 Å². The van der Waals surface area contributed by atoms with E-state index in [2.05, 4.69) is 5.32 Å². The van der Waals surface area contributed by atoms with E-state index < -0.39 is 11.9 Å². The summed E-state index contributed by atoms with van der Waals surface area (Å²) in [5, 5.41) is 3.45. The van der Waals surface area contributed by atoms with Crippen molar-refractivity contribution in [3.63, 3.8) is 0 Å². The summed E-state index contributed by atoms with van der Waals surface area (Å²) in [6, 6.07) is 4.50. The molecule has 0 fully saturated rings. The number of nitrogens with one attached hydrogen (secondary N) is 1. The number of anilines is 1. The molecule has 5 nitrogen and oxygen atoms in total. The van der Waals surface area contributed by atoms with Crippen molar-refractivity contribution in [2.24, 2.45) is 0 Å². The van der Waals surface area contributed by atoms with Crippen molar-refractivity contribution in [3.05, 3.63) is 49.8 Å². The normalized spacial score (nSPS) is 10.4. The highest BCUT2D eigenvalue weighted by molar-refractivity contribution is 7.18. The van der Waals surface area contributed by atoms with Gasteiger partial charge in [-0.2, -0.15) is 0 Å². The molecule has 0 aliphatic rings. The van der Waals surface area contributed by atoms with E-state index in [-0.39, 0.29) is 33.5 Å². The zero-order chi connectivity index (χ0) is 18.7. The van der Waals surface area contributed by atoms with E-state index in [4.69, 9.17) is 27.9 Å². The van der Waals surface area contributed by atoms with E-state index in [0.29, 0.717) is 15.5 Å². The molecule has 25 heavy (non-hydrogen) atoms. The molecule has 1 N–H and O–H groups in total. The van der Waals surface area contributed by atoms with Crippen LogP contribution in [-0.2, 0) is 4.74 Å². The summed E-state index contributed by atoms with van der Waals surface area (Å²) >= 11 is 13.0. The largest absolute Gasteiger partial charge is 0.462 e. The van der Waals surface area contributed by atoms with E-state index in [9.17, 15) is 14.4 Å². The van der Waals surface area contributed by atoms with E-state index in [1.54, 1.807) is 19.9 Å². The van der Waals surface area contributed by atoms with Crippen molar-refractivity contribution in [3.8, 4) is 0 Å². The highest BCUT2D eigenvalue weighted by atomic mass is 35.5. The minimum atomic E-state index is -0.601. The monoisotopic (exact) mass is 399 g/mol. The predicted molar refractivity (Wildman–Crippen MR) is 99.4 cm³/mol. The molecule has 132 valence electrons. The third kappa shape index (κ3) is 4.21.